The zero-order valence-corrected chi connectivity index (χ0v) is 14.2. The molecule has 0 aliphatic rings. The lowest BCUT2D eigenvalue weighted by atomic mass is 10.2. The Morgan fingerprint density at radius 3 is 2.57 bits per heavy atom. The van der Waals surface area contributed by atoms with Gasteiger partial charge in [-0.1, -0.05) is 48.1 Å². The van der Waals surface area contributed by atoms with Crippen molar-refractivity contribution in [2.45, 2.75) is 39.7 Å². The van der Waals surface area contributed by atoms with E-state index in [4.69, 9.17) is 0 Å². The predicted octanol–water partition coefficient (Wildman–Crippen LogP) is 2.76. The van der Waals surface area contributed by atoms with Crippen LogP contribution in [0, 0.1) is 6.92 Å². The van der Waals surface area contributed by atoms with Crippen LogP contribution in [-0.4, -0.2) is 28.1 Å². The third kappa shape index (κ3) is 4.85. The van der Waals surface area contributed by atoms with Gasteiger partial charge in [0.25, 0.3) is 0 Å². The predicted molar refractivity (Wildman–Crippen MR) is 91.2 cm³/mol. The molecule has 2 rings (SSSR count). The Kier molecular flexibility index (Phi) is 5.81. The molecule has 0 aliphatic heterocycles. The van der Waals surface area contributed by atoms with Crippen molar-refractivity contribution >= 4 is 28.3 Å². The molecule has 122 valence electrons. The molecule has 23 heavy (non-hydrogen) atoms. The Morgan fingerprint density at radius 2 is 1.91 bits per heavy atom. The van der Waals surface area contributed by atoms with Crippen molar-refractivity contribution in [3.05, 3.63) is 29.8 Å². The van der Waals surface area contributed by atoms with Gasteiger partial charge in [0.1, 0.15) is 11.0 Å². The molecule has 0 radical (unpaired) electrons. The lowest BCUT2D eigenvalue weighted by molar-refractivity contribution is -0.126. The number of hydrogen-bond acceptors (Lipinski definition) is 5. The number of carbonyl (C=O) groups excluding carboxylic acids is 2. The summed E-state index contributed by atoms with van der Waals surface area (Å²) >= 11 is 1.30. The van der Waals surface area contributed by atoms with Crippen LogP contribution in [0.3, 0.4) is 0 Å². The average molecular weight is 332 g/mol. The highest BCUT2D eigenvalue weighted by Crippen LogP contribution is 2.26. The molecule has 0 aliphatic carbocycles. The summed E-state index contributed by atoms with van der Waals surface area (Å²) in [6, 6.07) is 7.32. The molecule has 7 heteroatoms. The van der Waals surface area contributed by atoms with E-state index >= 15 is 0 Å². The Morgan fingerprint density at radius 1 is 1.22 bits per heavy atom. The highest BCUT2D eigenvalue weighted by atomic mass is 32.1. The first-order valence-electron chi connectivity index (χ1n) is 7.50. The molecule has 2 N–H and O–H groups in total. The molecule has 1 aromatic heterocycles. The highest BCUT2D eigenvalue weighted by molar-refractivity contribution is 7.18. The normalized spacial score (nSPS) is 11.8. The molecule has 1 heterocycles. The Hall–Kier alpha value is -2.28. The van der Waals surface area contributed by atoms with E-state index in [0.29, 0.717) is 11.6 Å². The van der Waals surface area contributed by atoms with Gasteiger partial charge in [-0.25, -0.2) is 0 Å². The van der Waals surface area contributed by atoms with Crippen molar-refractivity contribution in [1.29, 1.82) is 0 Å². The van der Waals surface area contributed by atoms with Crippen LogP contribution in [0.15, 0.2) is 24.3 Å². The fourth-order valence-electron chi connectivity index (χ4n) is 1.91. The molecule has 1 atom stereocenters. The molecule has 2 amide bonds. The first-order chi connectivity index (χ1) is 11.0. The van der Waals surface area contributed by atoms with Crippen LogP contribution in [0.4, 0.5) is 5.13 Å². The summed E-state index contributed by atoms with van der Waals surface area (Å²) in [5.74, 6) is -0.436. The van der Waals surface area contributed by atoms with Crippen LogP contribution >= 0.6 is 11.3 Å². The molecule has 0 bridgehead atoms. The minimum Gasteiger partial charge on any atom is -0.345 e. The lowest BCUT2D eigenvalue weighted by Gasteiger charge is -2.12. The second kappa shape index (κ2) is 7.82. The van der Waals surface area contributed by atoms with Gasteiger partial charge in [0.2, 0.25) is 16.9 Å². The third-order valence-electron chi connectivity index (χ3n) is 3.20. The number of rotatable bonds is 6. The number of nitrogens with one attached hydrogen (secondary N) is 2. The number of anilines is 1. The van der Waals surface area contributed by atoms with Crippen molar-refractivity contribution in [3.63, 3.8) is 0 Å². The smallest absolute Gasteiger partial charge is 0.248 e. The van der Waals surface area contributed by atoms with Crippen LogP contribution in [0.25, 0.3) is 10.6 Å². The van der Waals surface area contributed by atoms with Gasteiger partial charge in [-0.2, -0.15) is 0 Å². The molecule has 1 aromatic carbocycles. The summed E-state index contributed by atoms with van der Waals surface area (Å²) in [5.41, 5.74) is 2.13. The summed E-state index contributed by atoms with van der Waals surface area (Å²) < 4.78 is 0. The van der Waals surface area contributed by atoms with Gasteiger partial charge in [-0.05, 0) is 20.3 Å². The molecular weight excluding hydrogens is 312 g/mol. The first kappa shape index (κ1) is 17.1. The Balaban J connectivity index is 1.97. The summed E-state index contributed by atoms with van der Waals surface area (Å²) in [7, 11) is 0. The van der Waals surface area contributed by atoms with Crippen LogP contribution in [0.2, 0.25) is 0 Å². The van der Waals surface area contributed by atoms with E-state index < -0.39 is 6.04 Å². The average Bonchev–Trinajstić information content (AvgIpc) is 2.96. The maximum absolute atomic E-state index is 12.1. The van der Waals surface area contributed by atoms with Gasteiger partial charge in [0.15, 0.2) is 0 Å². The maximum Gasteiger partial charge on any atom is 0.248 e. The van der Waals surface area contributed by atoms with Crippen molar-refractivity contribution in [2.24, 2.45) is 0 Å². The van der Waals surface area contributed by atoms with Gasteiger partial charge in [-0.15, -0.1) is 10.2 Å². The Labute approximate surface area is 139 Å². The number of amides is 2. The third-order valence-corrected chi connectivity index (χ3v) is 4.09. The van der Waals surface area contributed by atoms with E-state index in [-0.39, 0.29) is 11.8 Å². The van der Waals surface area contributed by atoms with E-state index in [0.717, 1.165) is 17.0 Å². The molecule has 1 unspecified atom stereocenters. The second-order valence-electron chi connectivity index (χ2n) is 5.31. The summed E-state index contributed by atoms with van der Waals surface area (Å²) in [4.78, 5) is 23.6. The number of carbonyl (C=O) groups is 2. The van der Waals surface area contributed by atoms with Gasteiger partial charge in [0.05, 0.1) is 0 Å². The topological polar surface area (TPSA) is 84.0 Å². The summed E-state index contributed by atoms with van der Waals surface area (Å²) in [5, 5.41) is 14.6. The van der Waals surface area contributed by atoms with E-state index in [9.17, 15) is 9.59 Å². The van der Waals surface area contributed by atoms with Gasteiger partial charge < -0.3 is 5.32 Å². The maximum atomic E-state index is 12.1. The van der Waals surface area contributed by atoms with Gasteiger partial charge in [0, 0.05) is 12.0 Å². The zero-order chi connectivity index (χ0) is 16.8. The van der Waals surface area contributed by atoms with Crippen LogP contribution in [-0.2, 0) is 9.59 Å². The minimum absolute atomic E-state index is 0.132. The highest BCUT2D eigenvalue weighted by Gasteiger charge is 2.17. The molecule has 0 fully saturated rings. The van der Waals surface area contributed by atoms with Crippen molar-refractivity contribution < 1.29 is 9.59 Å². The Bertz CT molecular complexity index is 682. The standard InChI is InChI=1S/C16H20N4O2S/c1-4-5-13(21)17-11(3)14(22)18-16-20-19-15(23-16)12-8-6-10(2)7-9-12/h6-9,11H,4-5H2,1-3H3,(H,17,21)(H,18,20,22). The molecule has 0 spiro atoms. The molecule has 0 saturated heterocycles. The molecular formula is C16H20N4O2S. The van der Waals surface area contributed by atoms with E-state index in [1.807, 2.05) is 38.1 Å². The fraction of sp³-hybridized carbons (Fsp3) is 0.375. The molecule has 2 aromatic rings. The SMILES string of the molecule is CCCC(=O)NC(C)C(=O)Nc1nnc(-c2ccc(C)cc2)s1. The molecule has 6 nitrogen and oxygen atoms in total. The number of aromatic nitrogens is 2. The zero-order valence-electron chi connectivity index (χ0n) is 13.4. The van der Waals surface area contributed by atoms with Crippen molar-refractivity contribution in [1.82, 2.24) is 15.5 Å². The van der Waals surface area contributed by atoms with Crippen LogP contribution in [0.1, 0.15) is 32.3 Å². The number of nitrogens with zero attached hydrogens (tertiary/aromatic N) is 2. The first-order valence-corrected chi connectivity index (χ1v) is 8.32. The quantitative estimate of drug-likeness (QED) is 0.852. The lowest BCUT2D eigenvalue weighted by Crippen LogP contribution is -2.41. The summed E-state index contributed by atoms with van der Waals surface area (Å²) in [6.45, 7) is 5.58. The van der Waals surface area contributed by atoms with Gasteiger partial charge in [-0.3, -0.25) is 14.9 Å². The largest absolute Gasteiger partial charge is 0.345 e. The minimum atomic E-state index is -0.610. The number of aryl methyl sites for hydroxylation is 1. The van der Waals surface area contributed by atoms with Gasteiger partial charge >= 0.3 is 0 Å². The second-order valence-corrected chi connectivity index (χ2v) is 6.28. The van der Waals surface area contributed by atoms with Crippen LogP contribution < -0.4 is 10.6 Å². The van der Waals surface area contributed by atoms with E-state index in [1.54, 1.807) is 6.92 Å². The number of benzene rings is 1. The van der Waals surface area contributed by atoms with Crippen molar-refractivity contribution in [3.8, 4) is 10.6 Å². The van der Waals surface area contributed by atoms with E-state index in [2.05, 4.69) is 20.8 Å². The monoisotopic (exact) mass is 332 g/mol. The summed E-state index contributed by atoms with van der Waals surface area (Å²) in [6.07, 6.45) is 1.16. The van der Waals surface area contributed by atoms with E-state index in [1.165, 1.54) is 16.9 Å². The van der Waals surface area contributed by atoms with Crippen LogP contribution in [0.5, 0.6) is 0 Å². The molecule has 0 saturated carbocycles. The fourth-order valence-corrected chi connectivity index (χ4v) is 2.66. The number of hydrogen-bond donors (Lipinski definition) is 2. The van der Waals surface area contributed by atoms with Crippen molar-refractivity contribution in [2.75, 3.05) is 5.32 Å².